The van der Waals surface area contributed by atoms with Crippen molar-refractivity contribution in [1.29, 1.82) is 0 Å². The van der Waals surface area contributed by atoms with Crippen molar-refractivity contribution in [3.8, 4) is 0 Å². The number of rotatable bonds is 3. The summed E-state index contributed by atoms with van der Waals surface area (Å²) in [5.74, 6) is -0.582. The molecule has 0 unspecified atom stereocenters. The van der Waals surface area contributed by atoms with E-state index in [0.717, 1.165) is 13.0 Å². The first kappa shape index (κ1) is 13.3. The maximum atomic E-state index is 12.8. The van der Waals surface area contributed by atoms with E-state index in [4.69, 9.17) is 0 Å². The lowest BCUT2D eigenvalue weighted by molar-refractivity contribution is 0.0952. The van der Waals surface area contributed by atoms with Crippen molar-refractivity contribution in [3.05, 3.63) is 41.5 Å². The van der Waals surface area contributed by atoms with Crippen LogP contribution in [-0.2, 0) is 7.05 Å². The number of aromatic nitrogens is 2. The van der Waals surface area contributed by atoms with E-state index in [2.05, 4.69) is 15.7 Å². The number of hydrogen-bond donors (Lipinski definition) is 2. The van der Waals surface area contributed by atoms with Crippen molar-refractivity contribution in [2.75, 3.05) is 6.54 Å². The molecule has 0 bridgehead atoms. The van der Waals surface area contributed by atoms with Gasteiger partial charge in [-0.15, -0.1) is 0 Å². The van der Waals surface area contributed by atoms with Gasteiger partial charge < -0.3 is 10.6 Å². The van der Waals surface area contributed by atoms with Gasteiger partial charge in [-0.25, -0.2) is 8.78 Å². The summed E-state index contributed by atoms with van der Waals surface area (Å²) in [6, 6.07) is 0. The number of halogens is 2. The number of amides is 1. The first-order valence-corrected chi connectivity index (χ1v) is 5.81. The van der Waals surface area contributed by atoms with E-state index in [1.807, 2.05) is 6.08 Å². The smallest absolute Gasteiger partial charge is 0.282 e. The minimum atomic E-state index is -2.78. The minimum absolute atomic E-state index is 0.107. The Bertz CT molecular complexity index is 534. The van der Waals surface area contributed by atoms with Gasteiger partial charge in [0.25, 0.3) is 12.3 Å². The van der Waals surface area contributed by atoms with E-state index in [-0.39, 0.29) is 5.56 Å². The van der Waals surface area contributed by atoms with E-state index in [1.165, 1.54) is 17.9 Å². The molecule has 0 saturated heterocycles. The fourth-order valence-electron chi connectivity index (χ4n) is 1.74. The fraction of sp³-hybridized carbons (Fsp3) is 0.333. The van der Waals surface area contributed by atoms with Gasteiger partial charge in [-0.3, -0.25) is 9.48 Å². The summed E-state index contributed by atoms with van der Waals surface area (Å²) in [4.78, 5) is 12.0. The Kier molecular flexibility index (Phi) is 3.94. The zero-order valence-corrected chi connectivity index (χ0v) is 10.4. The molecule has 1 aromatic heterocycles. The molecule has 102 valence electrons. The Balaban J connectivity index is 2.18. The molecule has 0 fully saturated rings. The molecule has 0 saturated carbocycles. The van der Waals surface area contributed by atoms with Crippen molar-refractivity contribution in [1.82, 2.24) is 20.4 Å². The molecule has 0 aliphatic carbocycles. The van der Waals surface area contributed by atoms with Crippen molar-refractivity contribution in [3.63, 3.8) is 0 Å². The average molecular weight is 268 g/mol. The first-order valence-electron chi connectivity index (χ1n) is 5.81. The molecule has 1 aliphatic heterocycles. The summed E-state index contributed by atoms with van der Waals surface area (Å²) in [5, 5.41) is 9.19. The number of nitrogens with one attached hydrogen (secondary N) is 2. The molecule has 19 heavy (non-hydrogen) atoms. The Morgan fingerprint density at radius 3 is 3.11 bits per heavy atom. The maximum absolute atomic E-state index is 12.8. The Morgan fingerprint density at radius 2 is 2.37 bits per heavy atom. The number of hydrogen-bond acceptors (Lipinski definition) is 3. The molecular formula is C12H14F2N4O. The van der Waals surface area contributed by atoms with Crippen LogP contribution in [0.25, 0.3) is 0 Å². The molecule has 2 rings (SSSR count). The molecule has 7 heteroatoms. The van der Waals surface area contributed by atoms with Gasteiger partial charge >= 0.3 is 0 Å². The summed E-state index contributed by atoms with van der Waals surface area (Å²) >= 11 is 0. The third kappa shape index (κ3) is 3.18. The molecule has 0 aromatic carbocycles. The second-order valence-electron chi connectivity index (χ2n) is 4.09. The number of carbonyl (C=O) groups excluding carboxylic acids is 1. The molecule has 0 atom stereocenters. The van der Waals surface area contributed by atoms with Crippen molar-refractivity contribution >= 4 is 5.91 Å². The van der Waals surface area contributed by atoms with Crippen LogP contribution in [0.1, 0.15) is 28.9 Å². The highest BCUT2D eigenvalue weighted by atomic mass is 19.3. The molecular weight excluding hydrogens is 254 g/mol. The van der Waals surface area contributed by atoms with Crippen LogP contribution in [0.4, 0.5) is 8.78 Å². The van der Waals surface area contributed by atoms with Crippen LogP contribution in [0.3, 0.4) is 0 Å². The van der Waals surface area contributed by atoms with Gasteiger partial charge in [-0.1, -0.05) is 6.08 Å². The molecule has 1 aliphatic rings. The van der Waals surface area contributed by atoms with Gasteiger partial charge in [0.2, 0.25) is 0 Å². The second-order valence-corrected chi connectivity index (χ2v) is 4.09. The van der Waals surface area contributed by atoms with Crippen LogP contribution in [0, 0.1) is 0 Å². The van der Waals surface area contributed by atoms with E-state index < -0.39 is 18.0 Å². The molecule has 2 heterocycles. The second kappa shape index (κ2) is 5.64. The van der Waals surface area contributed by atoms with Gasteiger partial charge in [0.05, 0.1) is 5.56 Å². The Labute approximate surface area is 109 Å². The third-order valence-corrected chi connectivity index (χ3v) is 2.60. The number of allylic oxidation sites excluding steroid dienone is 1. The lowest BCUT2D eigenvalue weighted by atomic mass is 10.2. The molecule has 1 aromatic rings. The zero-order chi connectivity index (χ0) is 13.8. The summed E-state index contributed by atoms with van der Waals surface area (Å²) in [7, 11) is 1.50. The van der Waals surface area contributed by atoms with Gasteiger partial charge in [-0.2, -0.15) is 5.10 Å². The van der Waals surface area contributed by atoms with Crippen LogP contribution < -0.4 is 10.6 Å². The van der Waals surface area contributed by atoms with Gasteiger partial charge in [0, 0.05) is 25.5 Å². The molecule has 0 spiro atoms. The van der Waals surface area contributed by atoms with Crippen LogP contribution in [-0.4, -0.2) is 22.2 Å². The Hall–Kier alpha value is -2.18. The largest absolute Gasteiger partial charge is 0.391 e. The van der Waals surface area contributed by atoms with E-state index in [0.29, 0.717) is 5.70 Å². The summed E-state index contributed by atoms with van der Waals surface area (Å²) < 4.78 is 26.7. The number of carbonyl (C=O) groups is 1. The predicted molar refractivity (Wildman–Crippen MR) is 65.5 cm³/mol. The van der Waals surface area contributed by atoms with Crippen molar-refractivity contribution in [2.45, 2.75) is 12.8 Å². The van der Waals surface area contributed by atoms with Crippen LogP contribution in [0.15, 0.2) is 30.2 Å². The predicted octanol–water partition coefficient (Wildman–Crippen LogP) is 1.48. The number of alkyl halides is 2. The minimum Gasteiger partial charge on any atom is -0.391 e. The topological polar surface area (TPSA) is 59.0 Å². The fourth-order valence-corrected chi connectivity index (χ4v) is 1.74. The highest BCUT2D eigenvalue weighted by molar-refractivity contribution is 5.96. The molecule has 5 nitrogen and oxygen atoms in total. The number of aryl methyl sites for hydroxylation is 1. The standard InChI is InChI=1S/C12H14F2N4O/c1-18-7-9(10(17-18)11(13)14)12(19)16-8-3-2-5-15-6-4-8/h3-4,6-7,11,15H,2,5H2,1H3,(H,16,19). The highest BCUT2D eigenvalue weighted by Gasteiger charge is 2.22. The first-order chi connectivity index (χ1) is 9.08. The Morgan fingerprint density at radius 1 is 1.58 bits per heavy atom. The SMILES string of the molecule is Cn1cc(C(=O)NC2=CCCNC=C2)c(C(F)F)n1. The molecule has 0 radical (unpaired) electrons. The van der Waals surface area contributed by atoms with Crippen molar-refractivity contribution in [2.24, 2.45) is 7.05 Å². The van der Waals surface area contributed by atoms with Crippen LogP contribution >= 0.6 is 0 Å². The maximum Gasteiger partial charge on any atom is 0.282 e. The normalized spacial score (nSPS) is 14.8. The quantitative estimate of drug-likeness (QED) is 0.873. The zero-order valence-electron chi connectivity index (χ0n) is 10.4. The van der Waals surface area contributed by atoms with Crippen molar-refractivity contribution < 1.29 is 13.6 Å². The molecule has 1 amide bonds. The average Bonchev–Trinajstić information content (AvgIpc) is 2.58. The van der Waals surface area contributed by atoms with Crippen LogP contribution in [0.2, 0.25) is 0 Å². The lowest BCUT2D eigenvalue weighted by Crippen LogP contribution is -2.22. The van der Waals surface area contributed by atoms with Gasteiger partial charge in [0.1, 0.15) is 5.69 Å². The van der Waals surface area contributed by atoms with Gasteiger partial charge in [0.15, 0.2) is 0 Å². The third-order valence-electron chi connectivity index (χ3n) is 2.60. The summed E-state index contributed by atoms with van der Waals surface area (Å²) in [6.07, 6.45) is 4.47. The van der Waals surface area contributed by atoms with Gasteiger partial charge in [-0.05, 0) is 18.7 Å². The summed E-state index contributed by atoms with van der Waals surface area (Å²) in [6.45, 7) is 0.769. The van der Waals surface area contributed by atoms with E-state index in [1.54, 1.807) is 12.3 Å². The monoisotopic (exact) mass is 268 g/mol. The highest BCUT2D eigenvalue weighted by Crippen LogP contribution is 2.21. The summed E-state index contributed by atoms with van der Waals surface area (Å²) in [5.41, 5.74) is -0.0283. The lowest BCUT2D eigenvalue weighted by Gasteiger charge is -2.05. The molecule has 2 N–H and O–H groups in total. The van der Waals surface area contributed by atoms with E-state index in [9.17, 15) is 13.6 Å². The number of nitrogens with zero attached hydrogens (tertiary/aromatic N) is 2. The van der Waals surface area contributed by atoms with E-state index >= 15 is 0 Å². The van der Waals surface area contributed by atoms with Crippen LogP contribution in [0.5, 0.6) is 0 Å².